The van der Waals surface area contributed by atoms with E-state index in [1.54, 1.807) is 11.7 Å². The van der Waals surface area contributed by atoms with Gasteiger partial charge in [0.25, 0.3) is 6.43 Å². The predicted octanol–water partition coefficient (Wildman–Crippen LogP) is 3.64. The zero-order valence-corrected chi connectivity index (χ0v) is 20.6. The SMILES string of the molecule is Cn1nc(-c2nnc(C(F)F)s2)c2cc(S(=O)(=O)NC3(C#N)CC3)cc(N3CCC(N=[N+]=[N-])CC3)c21. The molecule has 1 N–H and O–H groups in total. The smallest absolute Gasteiger partial charge is 0.291 e. The van der Waals surface area contributed by atoms with Gasteiger partial charge < -0.3 is 4.90 Å². The molecule has 0 radical (unpaired) electrons. The zero-order valence-electron chi connectivity index (χ0n) is 19.0. The summed E-state index contributed by atoms with van der Waals surface area (Å²) in [6.07, 6.45) is -0.789. The molecule has 0 bridgehead atoms. The van der Waals surface area contributed by atoms with Crippen LogP contribution in [0.1, 0.15) is 37.1 Å². The first kappa shape index (κ1) is 24.3. The van der Waals surface area contributed by atoms with Crippen LogP contribution in [0, 0.1) is 11.3 Å². The summed E-state index contributed by atoms with van der Waals surface area (Å²) in [7, 11) is -2.41. The van der Waals surface area contributed by atoms with Crippen LogP contribution in [0.15, 0.2) is 22.1 Å². The number of fused-ring (bicyclic) bond motifs is 1. The van der Waals surface area contributed by atoms with E-state index in [4.69, 9.17) is 5.53 Å². The number of sulfonamides is 1. The maximum atomic E-state index is 13.3. The van der Waals surface area contributed by atoms with Crippen LogP contribution in [-0.4, -0.2) is 53.1 Å². The number of anilines is 1. The van der Waals surface area contributed by atoms with E-state index in [0.717, 1.165) is 0 Å². The Labute approximate surface area is 208 Å². The molecular weight excluding hydrogens is 514 g/mol. The fourth-order valence-corrected chi connectivity index (χ4v) is 6.43. The minimum absolute atomic E-state index is 0.0726. The van der Waals surface area contributed by atoms with Crippen molar-refractivity contribution in [1.82, 2.24) is 24.7 Å². The van der Waals surface area contributed by atoms with Crippen LogP contribution in [-0.2, 0) is 17.1 Å². The van der Waals surface area contributed by atoms with E-state index in [1.807, 2.05) is 11.0 Å². The summed E-state index contributed by atoms with van der Waals surface area (Å²) in [5.74, 6) is 0. The third-order valence-corrected chi connectivity index (χ3v) is 8.80. The van der Waals surface area contributed by atoms with Gasteiger partial charge in [0.1, 0.15) is 11.2 Å². The van der Waals surface area contributed by atoms with Crippen LogP contribution in [0.25, 0.3) is 32.0 Å². The molecule has 36 heavy (non-hydrogen) atoms. The van der Waals surface area contributed by atoms with Crippen LogP contribution in [0.4, 0.5) is 14.5 Å². The average Bonchev–Trinajstić information content (AvgIpc) is 3.28. The standard InChI is InChI=1S/C20H20F2N10O2S2/c1-31-16-13(15(28-31)18-26-27-19(35-18)17(21)22)8-12(36(33,34)29-20(10-23)4-5-20)9-14(16)32-6-2-11(3-7-32)25-30-24/h8-9,11,17,29H,2-7H2,1H3. The summed E-state index contributed by atoms with van der Waals surface area (Å²) in [6.45, 7) is 1.01. The minimum atomic E-state index is -4.09. The Bertz CT molecular complexity index is 1530. The second kappa shape index (κ2) is 8.93. The van der Waals surface area contributed by atoms with E-state index < -0.39 is 27.0 Å². The molecule has 0 atom stereocenters. The number of hydrogen-bond donors (Lipinski definition) is 1. The van der Waals surface area contributed by atoms with E-state index in [9.17, 15) is 22.5 Å². The number of hydrogen-bond acceptors (Lipinski definition) is 9. The van der Waals surface area contributed by atoms with E-state index in [1.165, 1.54) is 12.1 Å². The van der Waals surface area contributed by atoms with Crippen LogP contribution >= 0.6 is 11.3 Å². The largest absolute Gasteiger partial charge is 0.370 e. The Kier molecular flexibility index (Phi) is 6.03. The van der Waals surface area contributed by atoms with Gasteiger partial charge in [-0.2, -0.15) is 15.1 Å². The molecule has 5 rings (SSSR count). The van der Waals surface area contributed by atoms with Gasteiger partial charge in [0.15, 0.2) is 10.0 Å². The molecule has 1 saturated heterocycles. The zero-order chi connectivity index (χ0) is 25.7. The summed E-state index contributed by atoms with van der Waals surface area (Å²) in [6, 6.07) is 4.82. The fraction of sp³-hybridized carbons (Fsp3) is 0.500. The van der Waals surface area contributed by atoms with Gasteiger partial charge in [-0.1, -0.05) is 16.5 Å². The molecule has 2 aromatic heterocycles. The Morgan fingerprint density at radius 2 is 2.06 bits per heavy atom. The molecule has 16 heteroatoms. The lowest BCUT2D eigenvalue weighted by Crippen LogP contribution is -2.37. The van der Waals surface area contributed by atoms with E-state index in [2.05, 4.69) is 30.0 Å². The summed E-state index contributed by atoms with van der Waals surface area (Å²) >= 11 is 0.690. The molecule has 2 aliphatic rings. The first-order chi connectivity index (χ1) is 17.2. The number of piperidine rings is 1. The Morgan fingerprint density at radius 1 is 1.33 bits per heavy atom. The molecule has 0 unspecified atom stereocenters. The Hall–Kier alpha value is -3.38. The van der Waals surface area contributed by atoms with Gasteiger partial charge in [-0.15, -0.1) is 10.2 Å². The van der Waals surface area contributed by atoms with Crippen molar-refractivity contribution in [3.05, 3.63) is 27.6 Å². The van der Waals surface area contributed by atoms with Gasteiger partial charge in [-0.3, -0.25) is 4.68 Å². The molecule has 1 aliphatic heterocycles. The van der Waals surface area contributed by atoms with Crippen molar-refractivity contribution in [2.75, 3.05) is 18.0 Å². The number of aromatic nitrogens is 4. The average molecular weight is 535 g/mol. The van der Waals surface area contributed by atoms with Gasteiger partial charge >= 0.3 is 0 Å². The number of halogens is 2. The Morgan fingerprint density at radius 3 is 2.64 bits per heavy atom. The number of nitrogens with zero attached hydrogens (tertiary/aromatic N) is 9. The van der Waals surface area contributed by atoms with Crippen molar-refractivity contribution in [3.8, 4) is 16.8 Å². The van der Waals surface area contributed by atoms with Crippen LogP contribution in [0.5, 0.6) is 0 Å². The van der Waals surface area contributed by atoms with Gasteiger partial charge in [-0.05, 0) is 43.3 Å². The van der Waals surface area contributed by atoms with Crippen molar-refractivity contribution in [2.24, 2.45) is 12.2 Å². The van der Waals surface area contributed by atoms with Gasteiger partial charge in [0.05, 0.1) is 22.2 Å². The lowest BCUT2D eigenvalue weighted by atomic mass is 10.0. The minimum Gasteiger partial charge on any atom is -0.370 e. The maximum Gasteiger partial charge on any atom is 0.291 e. The Balaban J connectivity index is 1.66. The molecule has 0 spiro atoms. The number of nitriles is 1. The number of benzene rings is 1. The second-order valence-corrected chi connectivity index (χ2v) is 11.5. The van der Waals surface area contributed by atoms with E-state index >= 15 is 0 Å². The monoisotopic (exact) mass is 534 g/mol. The predicted molar refractivity (Wildman–Crippen MR) is 127 cm³/mol. The highest BCUT2D eigenvalue weighted by molar-refractivity contribution is 7.89. The van der Waals surface area contributed by atoms with Crippen LogP contribution < -0.4 is 9.62 Å². The van der Waals surface area contributed by atoms with Gasteiger partial charge in [0, 0.05) is 36.5 Å². The highest BCUT2D eigenvalue weighted by atomic mass is 32.2. The quantitative estimate of drug-likeness (QED) is 0.274. The molecule has 12 nitrogen and oxygen atoms in total. The summed E-state index contributed by atoms with van der Waals surface area (Å²) in [5, 5.41) is 25.2. The van der Waals surface area contributed by atoms with E-state index in [0.29, 0.717) is 66.7 Å². The number of azide groups is 1. The lowest BCUT2D eigenvalue weighted by molar-refractivity contribution is 0.150. The van der Waals surface area contributed by atoms with Crippen molar-refractivity contribution in [1.29, 1.82) is 5.26 Å². The van der Waals surface area contributed by atoms with Crippen molar-refractivity contribution >= 4 is 38.0 Å². The van der Waals surface area contributed by atoms with E-state index in [-0.39, 0.29) is 21.6 Å². The molecule has 1 saturated carbocycles. The van der Waals surface area contributed by atoms with Crippen molar-refractivity contribution in [2.45, 2.75) is 48.6 Å². The molecule has 188 valence electrons. The normalized spacial score (nSPS) is 17.8. The van der Waals surface area contributed by atoms with Gasteiger partial charge in [0.2, 0.25) is 10.0 Å². The molecular formula is C20H20F2N10O2S2. The summed E-state index contributed by atoms with van der Waals surface area (Å²) < 4.78 is 57.0. The molecule has 1 aliphatic carbocycles. The van der Waals surface area contributed by atoms with Crippen LogP contribution in [0.2, 0.25) is 0 Å². The molecule has 2 fully saturated rings. The highest BCUT2D eigenvalue weighted by Gasteiger charge is 2.47. The first-order valence-electron chi connectivity index (χ1n) is 11.0. The first-order valence-corrected chi connectivity index (χ1v) is 13.3. The molecule has 0 amide bonds. The summed E-state index contributed by atoms with van der Waals surface area (Å²) in [4.78, 5) is 4.79. The van der Waals surface area contributed by atoms with Gasteiger partial charge in [-0.25, -0.2) is 17.2 Å². The number of aryl methyl sites for hydroxylation is 1. The number of alkyl halides is 2. The van der Waals surface area contributed by atoms with Crippen LogP contribution in [0.3, 0.4) is 0 Å². The molecule has 1 aromatic carbocycles. The topological polar surface area (TPSA) is 166 Å². The third-order valence-electron chi connectivity index (χ3n) is 6.35. The molecule has 3 aromatic rings. The fourth-order valence-electron chi connectivity index (χ4n) is 4.31. The summed E-state index contributed by atoms with van der Waals surface area (Å²) in [5.41, 5.74) is 9.04. The lowest BCUT2D eigenvalue weighted by Gasteiger charge is -2.32. The third kappa shape index (κ3) is 4.35. The highest BCUT2D eigenvalue weighted by Crippen LogP contribution is 2.40. The molecule has 3 heterocycles. The second-order valence-electron chi connectivity index (χ2n) is 8.78. The maximum absolute atomic E-state index is 13.3. The number of nitrogens with one attached hydrogen (secondary N) is 1. The van der Waals surface area contributed by atoms with Crippen molar-refractivity contribution < 1.29 is 17.2 Å². The number of rotatable bonds is 7. The van der Waals surface area contributed by atoms with Crippen molar-refractivity contribution in [3.63, 3.8) is 0 Å².